The van der Waals surface area contributed by atoms with Crippen LogP contribution in [0.2, 0.25) is 5.02 Å². The van der Waals surface area contributed by atoms with E-state index in [1.165, 1.54) is 0 Å². The third-order valence-electron chi connectivity index (χ3n) is 6.67. The van der Waals surface area contributed by atoms with E-state index in [0.717, 1.165) is 35.2 Å². The number of hydrogen-bond acceptors (Lipinski definition) is 4. The summed E-state index contributed by atoms with van der Waals surface area (Å²) >= 11 is 6.15. The van der Waals surface area contributed by atoms with E-state index in [2.05, 4.69) is 10.6 Å². The van der Waals surface area contributed by atoms with Gasteiger partial charge in [-0.2, -0.15) is 0 Å². The highest BCUT2D eigenvalue weighted by Crippen LogP contribution is 2.32. The molecular formula is C29H33ClN4O3. The van der Waals surface area contributed by atoms with Crippen molar-refractivity contribution in [1.29, 1.82) is 0 Å². The van der Waals surface area contributed by atoms with Crippen LogP contribution in [0.25, 0.3) is 0 Å². The zero-order chi connectivity index (χ0) is 26.4. The molecule has 0 radical (unpaired) electrons. The van der Waals surface area contributed by atoms with Crippen molar-refractivity contribution in [1.82, 2.24) is 15.2 Å². The summed E-state index contributed by atoms with van der Waals surface area (Å²) in [6, 6.07) is 17.0. The lowest BCUT2D eigenvalue weighted by atomic mass is 10.1. The van der Waals surface area contributed by atoms with Crippen LogP contribution in [0, 0.1) is 12.8 Å². The van der Waals surface area contributed by atoms with Crippen molar-refractivity contribution in [3.05, 3.63) is 98.4 Å². The van der Waals surface area contributed by atoms with Gasteiger partial charge in [0.1, 0.15) is 0 Å². The largest absolute Gasteiger partial charge is 0.352 e. The molecule has 0 unspecified atom stereocenters. The smallest absolute Gasteiger partial charge is 0.254 e. The third kappa shape index (κ3) is 6.87. The predicted octanol–water partition coefficient (Wildman–Crippen LogP) is 3.83. The molecule has 1 heterocycles. The van der Waals surface area contributed by atoms with Gasteiger partial charge in [-0.3, -0.25) is 14.4 Å². The molecule has 7 nitrogen and oxygen atoms in total. The van der Waals surface area contributed by atoms with Crippen molar-refractivity contribution in [3.8, 4) is 0 Å². The van der Waals surface area contributed by atoms with E-state index in [9.17, 15) is 14.4 Å². The molecule has 4 rings (SSSR count). The minimum absolute atomic E-state index is 0.0170. The Morgan fingerprint density at radius 2 is 1.81 bits per heavy atom. The van der Waals surface area contributed by atoms with Crippen LogP contribution in [0.4, 0.5) is 5.69 Å². The minimum Gasteiger partial charge on any atom is -0.352 e. The SMILES string of the molecule is CNCc1ccc(Cl)cc1CNC(=O)Cc1c(C)ccn(CCN(C(=O)C2CC2)c2ccccc2)c1=O. The lowest BCUT2D eigenvalue weighted by Gasteiger charge is -2.23. The van der Waals surface area contributed by atoms with Gasteiger partial charge in [-0.15, -0.1) is 0 Å². The fourth-order valence-electron chi connectivity index (χ4n) is 4.37. The average Bonchev–Trinajstić information content (AvgIpc) is 3.74. The number of halogens is 1. The molecule has 0 atom stereocenters. The molecule has 1 aromatic heterocycles. The number of rotatable bonds is 11. The number of carbonyl (C=O) groups excluding carboxylic acids is 2. The van der Waals surface area contributed by atoms with E-state index >= 15 is 0 Å². The quantitative estimate of drug-likeness (QED) is 0.402. The first-order valence-corrected chi connectivity index (χ1v) is 13.0. The minimum atomic E-state index is -0.233. The molecule has 0 bridgehead atoms. The second kappa shape index (κ2) is 12.2. The van der Waals surface area contributed by atoms with Gasteiger partial charge in [-0.05, 0) is 73.8 Å². The first-order chi connectivity index (χ1) is 17.9. The number of hydrogen-bond donors (Lipinski definition) is 2. The Hall–Kier alpha value is -3.42. The summed E-state index contributed by atoms with van der Waals surface area (Å²) in [5.74, 6) is -0.0601. The number of anilines is 1. The molecule has 194 valence electrons. The summed E-state index contributed by atoms with van der Waals surface area (Å²) in [6.07, 6.45) is 3.55. The van der Waals surface area contributed by atoms with E-state index < -0.39 is 0 Å². The van der Waals surface area contributed by atoms with E-state index in [4.69, 9.17) is 11.6 Å². The van der Waals surface area contributed by atoms with Crippen LogP contribution < -0.4 is 21.1 Å². The Balaban J connectivity index is 1.44. The van der Waals surface area contributed by atoms with Gasteiger partial charge in [-0.25, -0.2) is 0 Å². The molecule has 2 N–H and O–H groups in total. The molecule has 2 amide bonds. The number of para-hydroxylation sites is 1. The summed E-state index contributed by atoms with van der Waals surface area (Å²) in [7, 11) is 1.86. The maximum absolute atomic E-state index is 13.3. The van der Waals surface area contributed by atoms with Crippen LogP contribution >= 0.6 is 11.6 Å². The number of carbonyl (C=O) groups is 2. The Morgan fingerprint density at radius 1 is 1.05 bits per heavy atom. The molecule has 1 aliphatic carbocycles. The number of benzene rings is 2. The molecule has 37 heavy (non-hydrogen) atoms. The number of nitrogens with one attached hydrogen (secondary N) is 2. The zero-order valence-electron chi connectivity index (χ0n) is 21.3. The molecule has 3 aromatic rings. The highest BCUT2D eigenvalue weighted by molar-refractivity contribution is 6.30. The maximum atomic E-state index is 13.3. The van der Waals surface area contributed by atoms with Crippen molar-refractivity contribution >= 4 is 29.1 Å². The Labute approximate surface area is 222 Å². The fraction of sp³-hybridized carbons (Fsp3) is 0.345. The molecule has 1 aliphatic rings. The Morgan fingerprint density at radius 3 is 2.51 bits per heavy atom. The topological polar surface area (TPSA) is 83.4 Å². The fourth-order valence-corrected chi connectivity index (χ4v) is 4.57. The first kappa shape index (κ1) is 26.6. The molecule has 1 saturated carbocycles. The van der Waals surface area contributed by atoms with Gasteiger partial charge >= 0.3 is 0 Å². The summed E-state index contributed by atoms with van der Waals surface area (Å²) in [5, 5.41) is 6.65. The highest BCUT2D eigenvalue weighted by atomic mass is 35.5. The number of aryl methyl sites for hydroxylation is 1. The first-order valence-electron chi connectivity index (χ1n) is 12.6. The van der Waals surface area contributed by atoms with Crippen LogP contribution in [0.5, 0.6) is 0 Å². The highest BCUT2D eigenvalue weighted by Gasteiger charge is 2.34. The predicted molar refractivity (Wildman–Crippen MR) is 147 cm³/mol. The molecule has 2 aromatic carbocycles. The van der Waals surface area contributed by atoms with Crippen molar-refractivity contribution in [2.75, 3.05) is 18.5 Å². The molecular weight excluding hydrogens is 488 g/mol. The Bertz CT molecular complexity index is 1320. The second-order valence-electron chi connectivity index (χ2n) is 9.47. The van der Waals surface area contributed by atoms with Gasteiger partial charge in [0, 0.05) is 54.6 Å². The van der Waals surface area contributed by atoms with Crippen LogP contribution in [0.3, 0.4) is 0 Å². The van der Waals surface area contributed by atoms with Crippen molar-refractivity contribution in [3.63, 3.8) is 0 Å². The van der Waals surface area contributed by atoms with Gasteiger partial charge in [0.15, 0.2) is 0 Å². The molecule has 0 spiro atoms. The maximum Gasteiger partial charge on any atom is 0.254 e. The van der Waals surface area contributed by atoms with E-state index in [1.807, 2.05) is 68.6 Å². The van der Waals surface area contributed by atoms with E-state index in [0.29, 0.717) is 36.8 Å². The van der Waals surface area contributed by atoms with E-state index in [1.54, 1.807) is 15.7 Å². The van der Waals surface area contributed by atoms with E-state index in [-0.39, 0.29) is 29.7 Å². The van der Waals surface area contributed by atoms with Gasteiger partial charge in [0.25, 0.3) is 5.56 Å². The van der Waals surface area contributed by atoms with Crippen molar-refractivity contribution in [2.45, 2.75) is 45.8 Å². The third-order valence-corrected chi connectivity index (χ3v) is 6.91. The zero-order valence-corrected chi connectivity index (χ0v) is 22.1. The molecule has 8 heteroatoms. The summed E-state index contributed by atoms with van der Waals surface area (Å²) in [6.45, 7) is 3.55. The lowest BCUT2D eigenvalue weighted by molar-refractivity contribution is -0.121. The van der Waals surface area contributed by atoms with Crippen LogP contribution in [0.1, 0.15) is 35.1 Å². The van der Waals surface area contributed by atoms with Crippen LogP contribution in [-0.2, 0) is 35.6 Å². The average molecular weight is 521 g/mol. The standard InChI is InChI=1S/C29H33ClN4O3/c1-20-12-13-33(14-15-34(28(36)21-8-9-21)25-6-4-3-5-7-25)29(37)26(20)17-27(35)32-19-23-16-24(30)11-10-22(23)18-31-2/h3-7,10-13,16,21,31H,8-9,14-15,17-19H2,1-2H3,(H,32,35). The molecule has 1 fully saturated rings. The van der Waals surface area contributed by atoms with Gasteiger partial charge < -0.3 is 20.1 Å². The molecule has 0 saturated heterocycles. The summed E-state index contributed by atoms with van der Waals surface area (Å²) < 4.78 is 1.59. The van der Waals surface area contributed by atoms with Crippen molar-refractivity contribution < 1.29 is 9.59 Å². The second-order valence-corrected chi connectivity index (χ2v) is 9.91. The summed E-state index contributed by atoms with van der Waals surface area (Å²) in [5.41, 5.74) is 3.83. The molecule has 0 aliphatic heterocycles. The Kier molecular flexibility index (Phi) is 8.79. The van der Waals surface area contributed by atoms with Crippen molar-refractivity contribution in [2.24, 2.45) is 5.92 Å². The lowest BCUT2D eigenvalue weighted by Crippen LogP contribution is -2.37. The number of aromatic nitrogens is 1. The number of nitrogens with zero attached hydrogens (tertiary/aromatic N) is 2. The summed E-state index contributed by atoms with van der Waals surface area (Å²) in [4.78, 5) is 40.8. The van der Waals surface area contributed by atoms with Gasteiger partial charge in [0.05, 0.1) is 6.42 Å². The van der Waals surface area contributed by atoms with Crippen LogP contribution in [0.15, 0.2) is 65.6 Å². The normalized spacial score (nSPS) is 12.8. The number of pyridine rings is 1. The van der Waals surface area contributed by atoms with Gasteiger partial charge in [-0.1, -0.05) is 35.9 Å². The van der Waals surface area contributed by atoms with Crippen LogP contribution in [-0.4, -0.2) is 30.0 Å². The monoisotopic (exact) mass is 520 g/mol. The van der Waals surface area contributed by atoms with Gasteiger partial charge in [0.2, 0.25) is 11.8 Å². The number of amides is 2.